The van der Waals surface area contributed by atoms with Crippen LogP contribution in [0.15, 0.2) is 24.8 Å². The molecule has 24 heavy (non-hydrogen) atoms. The Balaban J connectivity index is 1.75. The van der Waals surface area contributed by atoms with Gasteiger partial charge in [-0.3, -0.25) is 9.59 Å². The smallest absolute Gasteiger partial charge is 0.276 e. The minimum Gasteiger partial charge on any atom is -0.368 e. The van der Waals surface area contributed by atoms with Crippen molar-refractivity contribution in [1.82, 2.24) is 19.3 Å². The van der Waals surface area contributed by atoms with Gasteiger partial charge in [-0.15, -0.1) is 0 Å². The maximum absolute atomic E-state index is 12.9. The molecule has 2 amide bonds. The van der Waals surface area contributed by atoms with Crippen LogP contribution in [0.2, 0.25) is 0 Å². The first-order valence-electron chi connectivity index (χ1n) is 8.50. The minimum absolute atomic E-state index is 0.0883. The second-order valence-electron chi connectivity index (χ2n) is 6.42. The van der Waals surface area contributed by atoms with Crippen LogP contribution in [0.3, 0.4) is 0 Å². The molecular weight excluding hydrogens is 306 g/mol. The maximum Gasteiger partial charge on any atom is 0.276 e. The number of hydrogen-bond acceptors (Lipinski definition) is 4. The van der Waals surface area contributed by atoms with Crippen molar-refractivity contribution in [2.24, 2.45) is 11.7 Å². The highest BCUT2D eigenvalue weighted by Crippen LogP contribution is 2.26. The van der Waals surface area contributed by atoms with Crippen molar-refractivity contribution >= 4 is 17.5 Å². The van der Waals surface area contributed by atoms with E-state index in [0.717, 1.165) is 6.42 Å². The molecule has 1 fully saturated rings. The summed E-state index contributed by atoms with van der Waals surface area (Å²) in [5.74, 6) is -0.180. The van der Waals surface area contributed by atoms with Crippen molar-refractivity contribution in [3.05, 3.63) is 30.5 Å². The van der Waals surface area contributed by atoms with Crippen LogP contribution in [0.5, 0.6) is 0 Å². The Hall–Kier alpha value is -2.44. The molecular formula is C17H23N5O2. The molecule has 2 heterocycles. The quantitative estimate of drug-likeness (QED) is 0.871. The zero-order chi connectivity index (χ0) is 16.9. The summed E-state index contributed by atoms with van der Waals surface area (Å²) in [6, 6.07) is 0. The van der Waals surface area contributed by atoms with Gasteiger partial charge in [0.15, 0.2) is 11.3 Å². The number of primary amides is 1. The molecule has 0 bridgehead atoms. The van der Waals surface area contributed by atoms with Gasteiger partial charge in [0.05, 0.1) is 6.54 Å². The van der Waals surface area contributed by atoms with Crippen LogP contribution in [-0.2, 0) is 4.79 Å². The van der Waals surface area contributed by atoms with Gasteiger partial charge in [0.2, 0.25) is 5.91 Å². The van der Waals surface area contributed by atoms with Crippen molar-refractivity contribution in [3.63, 3.8) is 0 Å². The van der Waals surface area contributed by atoms with E-state index in [4.69, 9.17) is 5.73 Å². The second kappa shape index (κ2) is 7.42. The first-order chi connectivity index (χ1) is 11.6. The molecule has 1 saturated carbocycles. The number of amides is 2. The van der Waals surface area contributed by atoms with E-state index in [9.17, 15) is 9.59 Å². The summed E-state index contributed by atoms with van der Waals surface area (Å²) in [5, 5.41) is 0. The minimum atomic E-state index is -0.512. The number of imidazole rings is 1. The first kappa shape index (κ1) is 16.4. The fourth-order valence-corrected chi connectivity index (χ4v) is 3.41. The molecule has 2 aromatic heterocycles. The Morgan fingerprint density at radius 1 is 1.17 bits per heavy atom. The van der Waals surface area contributed by atoms with Crippen LogP contribution in [-0.4, -0.2) is 44.2 Å². The maximum atomic E-state index is 12.9. The summed E-state index contributed by atoms with van der Waals surface area (Å²) in [7, 11) is 0. The van der Waals surface area contributed by atoms with Gasteiger partial charge in [0, 0.05) is 31.3 Å². The highest BCUT2D eigenvalue weighted by molar-refractivity contribution is 5.99. The largest absolute Gasteiger partial charge is 0.368 e. The number of carbonyl (C=O) groups is 2. The summed E-state index contributed by atoms with van der Waals surface area (Å²) in [6.07, 6.45) is 13.8. The SMILES string of the molecule is NC(=O)CN(CCC1CCCCC1)C(=O)c1nccn2ccnc12. The number of aromatic nitrogens is 3. The fourth-order valence-electron chi connectivity index (χ4n) is 3.41. The first-order valence-corrected chi connectivity index (χ1v) is 8.50. The lowest BCUT2D eigenvalue weighted by Gasteiger charge is -2.26. The van der Waals surface area contributed by atoms with E-state index in [2.05, 4.69) is 9.97 Å². The summed E-state index contributed by atoms with van der Waals surface area (Å²) in [5.41, 5.74) is 6.09. The summed E-state index contributed by atoms with van der Waals surface area (Å²) in [6.45, 7) is 0.435. The highest BCUT2D eigenvalue weighted by Gasteiger charge is 2.23. The molecule has 7 nitrogen and oxygen atoms in total. The van der Waals surface area contributed by atoms with Gasteiger partial charge >= 0.3 is 0 Å². The van der Waals surface area contributed by atoms with E-state index in [1.165, 1.54) is 37.0 Å². The van der Waals surface area contributed by atoms with Crippen molar-refractivity contribution in [2.75, 3.05) is 13.1 Å². The van der Waals surface area contributed by atoms with Crippen LogP contribution in [0.25, 0.3) is 5.65 Å². The molecule has 1 aliphatic rings. The number of hydrogen-bond donors (Lipinski definition) is 1. The van der Waals surface area contributed by atoms with Gasteiger partial charge in [0.1, 0.15) is 0 Å². The van der Waals surface area contributed by atoms with Crippen molar-refractivity contribution in [1.29, 1.82) is 0 Å². The molecule has 1 aliphatic carbocycles. The number of rotatable bonds is 6. The number of nitrogens with zero attached hydrogens (tertiary/aromatic N) is 4. The molecule has 0 atom stereocenters. The average Bonchev–Trinajstić information content (AvgIpc) is 3.07. The van der Waals surface area contributed by atoms with E-state index in [1.807, 2.05) is 0 Å². The van der Waals surface area contributed by atoms with Crippen LogP contribution >= 0.6 is 0 Å². The van der Waals surface area contributed by atoms with Gasteiger partial charge in [-0.2, -0.15) is 0 Å². The molecule has 3 rings (SSSR count). The number of fused-ring (bicyclic) bond motifs is 1. The van der Waals surface area contributed by atoms with E-state index in [1.54, 1.807) is 29.2 Å². The standard InChI is InChI=1S/C17H23N5O2/c18-14(23)12-22(9-6-13-4-2-1-3-5-13)17(24)15-16-20-8-11-21(16)10-7-19-15/h7-8,10-11,13H,1-6,9,12H2,(H2,18,23). The Kier molecular flexibility index (Phi) is 5.08. The van der Waals surface area contributed by atoms with Crippen molar-refractivity contribution in [2.45, 2.75) is 38.5 Å². The van der Waals surface area contributed by atoms with Gasteiger partial charge in [0.25, 0.3) is 5.91 Å². The summed E-state index contributed by atoms with van der Waals surface area (Å²) < 4.78 is 1.74. The third-order valence-electron chi connectivity index (χ3n) is 4.68. The summed E-state index contributed by atoms with van der Waals surface area (Å²) >= 11 is 0. The lowest BCUT2D eigenvalue weighted by atomic mass is 9.87. The number of carbonyl (C=O) groups excluding carboxylic acids is 2. The Labute approximate surface area is 140 Å². The summed E-state index contributed by atoms with van der Waals surface area (Å²) in [4.78, 5) is 34.1. The average molecular weight is 329 g/mol. The zero-order valence-electron chi connectivity index (χ0n) is 13.7. The lowest BCUT2D eigenvalue weighted by molar-refractivity contribution is -0.118. The lowest BCUT2D eigenvalue weighted by Crippen LogP contribution is -2.40. The fraction of sp³-hybridized carbons (Fsp3) is 0.529. The predicted octanol–water partition coefficient (Wildman–Crippen LogP) is 1.63. The Morgan fingerprint density at radius 2 is 1.88 bits per heavy atom. The Morgan fingerprint density at radius 3 is 2.58 bits per heavy atom. The zero-order valence-corrected chi connectivity index (χ0v) is 13.7. The van der Waals surface area contributed by atoms with Crippen LogP contribution < -0.4 is 5.73 Å². The third-order valence-corrected chi connectivity index (χ3v) is 4.68. The van der Waals surface area contributed by atoms with Crippen LogP contribution in [0.1, 0.15) is 49.0 Å². The molecule has 0 unspecified atom stereocenters. The van der Waals surface area contributed by atoms with Gasteiger partial charge < -0.3 is 15.0 Å². The molecule has 0 aromatic carbocycles. The van der Waals surface area contributed by atoms with E-state index < -0.39 is 5.91 Å². The molecule has 0 aliphatic heterocycles. The predicted molar refractivity (Wildman–Crippen MR) is 89.3 cm³/mol. The molecule has 0 radical (unpaired) electrons. The number of nitrogens with two attached hydrogens (primary N) is 1. The van der Waals surface area contributed by atoms with E-state index >= 15 is 0 Å². The van der Waals surface area contributed by atoms with Gasteiger partial charge in [-0.1, -0.05) is 32.1 Å². The van der Waals surface area contributed by atoms with Crippen molar-refractivity contribution < 1.29 is 9.59 Å². The van der Waals surface area contributed by atoms with E-state index in [-0.39, 0.29) is 18.1 Å². The topological polar surface area (TPSA) is 93.6 Å². The molecule has 0 spiro atoms. The molecule has 7 heteroatoms. The second-order valence-corrected chi connectivity index (χ2v) is 6.42. The molecule has 128 valence electrons. The normalized spacial score (nSPS) is 15.5. The molecule has 2 aromatic rings. The van der Waals surface area contributed by atoms with Gasteiger partial charge in [-0.25, -0.2) is 9.97 Å². The Bertz CT molecular complexity index is 721. The van der Waals surface area contributed by atoms with Crippen molar-refractivity contribution in [3.8, 4) is 0 Å². The molecule has 0 saturated heterocycles. The monoisotopic (exact) mass is 329 g/mol. The van der Waals surface area contributed by atoms with E-state index in [0.29, 0.717) is 18.1 Å². The van der Waals surface area contributed by atoms with Gasteiger partial charge in [-0.05, 0) is 12.3 Å². The third kappa shape index (κ3) is 3.72. The van der Waals surface area contributed by atoms with Crippen LogP contribution in [0, 0.1) is 5.92 Å². The highest BCUT2D eigenvalue weighted by atomic mass is 16.2. The van der Waals surface area contributed by atoms with Crippen LogP contribution in [0.4, 0.5) is 0 Å². The molecule has 2 N–H and O–H groups in total.